The van der Waals surface area contributed by atoms with Crippen molar-refractivity contribution in [1.29, 1.82) is 0 Å². The van der Waals surface area contributed by atoms with Crippen LogP contribution in [-0.2, 0) is 9.47 Å². The van der Waals surface area contributed by atoms with Gasteiger partial charge >= 0.3 is 6.03 Å². The summed E-state index contributed by atoms with van der Waals surface area (Å²) >= 11 is 0. The Labute approximate surface area is 111 Å². The van der Waals surface area contributed by atoms with Gasteiger partial charge in [-0.05, 0) is 13.8 Å². The fourth-order valence-electron chi connectivity index (χ4n) is 1.52. The number of aliphatic hydroxyl groups is 3. The number of nitrogens with one attached hydrogen (secondary N) is 1. The minimum atomic E-state index is -1.31. The summed E-state index contributed by atoms with van der Waals surface area (Å²) < 4.78 is 10.4. The molecule has 8 heteroatoms. The van der Waals surface area contributed by atoms with E-state index in [2.05, 4.69) is 5.32 Å². The standard InChI is InChI=1S/C11H20N2O6/c1-3-5-18-10(7(2)14)19-6-4-13-9(16)8(15)12-11(13)17/h3,5,7-10,14-16H,4,6H2,1-2H3,(H,12,17). The van der Waals surface area contributed by atoms with Crippen LogP contribution in [0.5, 0.6) is 0 Å². The zero-order chi connectivity index (χ0) is 14.4. The van der Waals surface area contributed by atoms with Crippen molar-refractivity contribution in [2.45, 2.75) is 38.7 Å². The Hall–Kier alpha value is -1.35. The average molecular weight is 276 g/mol. The number of rotatable bonds is 7. The summed E-state index contributed by atoms with van der Waals surface area (Å²) in [6.07, 6.45) is -1.29. The highest BCUT2D eigenvalue weighted by molar-refractivity contribution is 5.76. The maximum atomic E-state index is 11.3. The zero-order valence-corrected chi connectivity index (χ0v) is 10.9. The summed E-state index contributed by atoms with van der Waals surface area (Å²) in [5.74, 6) is 0. The first-order valence-electron chi connectivity index (χ1n) is 5.97. The van der Waals surface area contributed by atoms with E-state index >= 15 is 0 Å². The lowest BCUT2D eigenvalue weighted by Crippen LogP contribution is -2.40. The molecular formula is C11H20N2O6. The smallest absolute Gasteiger partial charge is 0.321 e. The van der Waals surface area contributed by atoms with E-state index in [1.807, 2.05) is 0 Å². The van der Waals surface area contributed by atoms with Gasteiger partial charge in [-0.15, -0.1) is 0 Å². The third-order valence-corrected chi connectivity index (χ3v) is 2.49. The molecule has 110 valence electrons. The van der Waals surface area contributed by atoms with Gasteiger partial charge in [-0.2, -0.15) is 0 Å². The molecule has 1 fully saturated rings. The summed E-state index contributed by atoms with van der Waals surface area (Å²) in [4.78, 5) is 12.4. The second kappa shape index (κ2) is 7.29. The van der Waals surface area contributed by atoms with Crippen LogP contribution in [-0.4, -0.2) is 64.3 Å². The Morgan fingerprint density at radius 3 is 2.68 bits per heavy atom. The summed E-state index contributed by atoms with van der Waals surface area (Å²) in [7, 11) is 0. The molecule has 1 aliphatic rings. The van der Waals surface area contributed by atoms with E-state index in [0.29, 0.717) is 0 Å². The predicted octanol–water partition coefficient (Wildman–Crippen LogP) is -1.08. The number of hydrogen-bond acceptors (Lipinski definition) is 6. The van der Waals surface area contributed by atoms with E-state index in [1.165, 1.54) is 13.2 Å². The lowest BCUT2D eigenvalue weighted by atomic mass is 10.4. The molecule has 1 aliphatic heterocycles. The number of carbonyl (C=O) groups is 1. The van der Waals surface area contributed by atoms with E-state index in [-0.39, 0.29) is 13.2 Å². The lowest BCUT2D eigenvalue weighted by Gasteiger charge is -2.23. The molecule has 1 heterocycles. The van der Waals surface area contributed by atoms with E-state index in [9.17, 15) is 20.1 Å². The molecule has 0 aromatic carbocycles. The van der Waals surface area contributed by atoms with Gasteiger partial charge in [0.1, 0.15) is 6.10 Å². The molecule has 19 heavy (non-hydrogen) atoms. The van der Waals surface area contributed by atoms with Crippen molar-refractivity contribution in [3.63, 3.8) is 0 Å². The van der Waals surface area contributed by atoms with Crippen LogP contribution in [0.15, 0.2) is 12.3 Å². The average Bonchev–Trinajstić information content (AvgIpc) is 2.59. The van der Waals surface area contributed by atoms with Crippen molar-refractivity contribution in [1.82, 2.24) is 10.2 Å². The summed E-state index contributed by atoms with van der Waals surface area (Å²) in [6, 6.07) is -0.577. The van der Waals surface area contributed by atoms with Crippen LogP contribution in [0.2, 0.25) is 0 Å². The van der Waals surface area contributed by atoms with E-state index < -0.39 is 30.9 Å². The number of nitrogens with zero attached hydrogens (tertiary/aromatic N) is 1. The number of carbonyl (C=O) groups excluding carboxylic acids is 1. The Balaban J connectivity index is 2.37. The topological polar surface area (TPSA) is 111 Å². The van der Waals surface area contributed by atoms with Crippen LogP contribution in [0.1, 0.15) is 13.8 Å². The summed E-state index contributed by atoms with van der Waals surface area (Å²) in [6.45, 7) is 3.37. The molecule has 0 aliphatic carbocycles. The largest absolute Gasteiger partial charge is 0.470 e. The first-order chi connectivity index (χ1) is 8.97. The lowest BCUT2D eigenvalue weighted by molar-refractivity contribution is -0.164. The Morgan fingerprint density at radius 1 is 1.53 bits per heavy atom. The third kappa shape index (κ3) is 4.35. The van der Waals surface area contributed by atoms with Crippen LogP contribution < -0.4 is 5.32 Å². The molecule has 0 saturated carbocycles. The minimum absolute atomic E-state index is 0.0460. The number of aliphatic hydroxyl groups excluding tert-OH is 3. The molecule has 0 aromatic rings. The van der Waals surface area contributed by atoms with Crippen LogP contribution in [0.3, 0.4) is 0 Å². The molecule has 0 aromatic heterocycles. The van der Waals surface area contributed by atoms with Crippen molar-refractivity contribution in [2.24, 2.45) is 0 Å². The van der Waals surface area contributed by atoms with E-state index in [1.54, 1.807) is 13.0 Å². The van der Waals surface area contributed by atoms with Gasteiger partial charge in [-0.25, -0.2) is 4.79 Å². The highest BCUT2D eigenvalue weighted by atomic mass is 16.7. The minimum Gasteiger partial charge on any atom is -0.470 e. The summed E-state index contributed by atoms with van der Waals surface area (Å²) in [5.41, 5.74) is 0. The SMILES string of the molecule is CC=COC(OCCN1C(=O)NC(O)C1O)C(C)O. The molecule has 8 nitrogen and oxygen atoms in total. The van der Waals surface area contributed by atoms with Crippen LogP contribution in [0.4, 0.5) is 4.79 Å². The van der Waals surface area contributed by atoms with Gasteiger partial charge in [0.25, 0.3) is 0 Å². The van der Waals surface area contributed by atoms with Crippen molar-refractivity contribution in [2.75, 3.05) is 13.2 Å². The second-order valence-electron chi connectivity index (χ2n) is 4.09. The second-order valence-corrected chi connectivity index (χ2v) is 4.09. The quantitative estimate of drug-likeness (QED) is 0.348. The summed E-state index contributed by atoms with van der Waals surface area (Å²) in [5, 5.41) is 30.3. The van der Waals surface area contributed by atoms with Gasteiger partial charge in [0.15, 0.2) is 12.5 Å². The van der Waals surface area contributed by atoms with E-state index in [0.717, 1.165) is 4.90 Å². The van der Waals surface area contributed by atoms with Gasteiger partial charge in [0, 0.05) is 6.54 Å². The van der Waals surface area contributed by atoms with Crippen molar-refractivity contribution < 1.29 is 29.6 Å². The molecule has 0 spiro atoms. The molecule has 0 radical (unpaired) electrons. The fourth-order valence-corrected chi connectivity index (χ4v) is 1.52. The highest BCUT2D eigenvalue weighted by Gasteiger charge is 2.36. The molecule has 4 N–H and O–H groups in total. The van der Waals surface area contributed by atoms with Crippen LogP contribution in [0.25, 0.3) is 0 Å². The van der Waals surface area contributed by atoms with Gasteiger partial charge in [-0.1, -0.05) is 6.08 Å². The first kappa shape index (κ1) is 15.7. The van der Waals surface area contributed by atoms with Crippen molar-refractivity contribution in [3.05, 3.63) is 12.3 Å². The van der Waals surface area contributed by atoms with Crippen molar-refractivity contribution in [3.8, 4) is 0 Å². The first-order valence-corrected chi connectivity index (χ1v) is 5.97. The van der Waals surface area contributed by atoms with Crippen molar-refractivity contribution >= 4 is 6.03 Å². The number of hydrogen-bond donors (Lipinski definition) is 4. The molecule has 4 atom stereocenters. The number of amides is 2. The highest BCUT2D eigenvalue weighted by Crippen LogP contribution is 2.10. The molecule has 0 bridgehead atoms. The molecule has 1 rings (SSSR count). The maximum Gasteiger partial charge on any atom is 0.321 e. The number of urea groups is 1. The Kier molecular flexibility index (Phi) is 6.03. The van der Waals surface area contributed by atoms with Crippen LogP contribution >= 0.6 is 0 Å². The van der Waals surface area contributed by atoms with Gasteiger partial charge in [0.05, 0.1) is 12.9 Å². The zero-order valence-electron chi connectivity index (χ0n) is 10.9. The van der Waals surface area contributed by atoms with Gasteiger partial charge in [0.2, 0.25) is 6.29 Å². The third-order valence-electron chi connectivity index (χ3n) is 2.49. The normalized spacial score (nSPS) is 26.6. The Bertz CT molecular complexity index is 322. The number of allylic oxidation sites excluding steroid dienone is 1. The fraction of sp³-hybridized carbons (Fsp3) is 0.727. The monoisotopic (exact) mass is 276 g/mol. The molecule has 2 amide bonds. The van der Waals surface area contributed by atoms with E-state index in [4.69, 9.17) is 9.47 Å². The Morgan fingerprint density at radius 2 is 2.21 bits per heavy atom. The molecule has 4 unspecified atom stereocenters. The molecule has 1 saturated heterocycles. The maximum absolute atomic E-state index is 11.3. The van der Waals surface area contributed by atoms with Gasteiger partial charge < -0.3 is 30.1 Å². The van der Waals surface area contributed by atoms with Crippen LogP contribution in [0, 0.1) is 0 Å². The van der Waals surface area contributed by atoms with Gasteiger partial charge in [-0.3, -0.25) is 4.90 Å². The predicted molar refractivity (Wildman–Crippen MR) is 64.6 cm³/mol. The number of ether oxygens (including phenoxy) is 2. The molecular weight excluding hydrogens is 256 g/mol.